The molecule has 17 heavy (non-hydrogen) atoms. The Morgan fingerprint density at radius 3 is 2.35 bits per heavy atom. The summed E-state index contributed by atoms with van der Waals surface area (Å²) in [6.07, 6.45) is 8.47. The van der Waals surface area contributed by atoms with Crippen molar-refractivity contribution in [3.8, 4) is 0 Å². The van der Waals surface area contributed by atoms with Gasteiger partial charge in [0, 0.05) is 15.5 Å². The van der Waals surface area contributed by atoms with Crippen molar-refractivity contribution in [1.82, 2.24) is 0 Å². The Morgan fingerprint density at radius 2 is 1.71 bits per heavy atom. The van der Waals surface area contributed by atoms with Gasteiger partial charge in [-0.2, -0.15) is 0 Å². The van der Waals surface area contributed by atoms with Crippen LogP contribution in [0.1, 0.15) is 38.5 Å². The second kappa shape index (κ2) is 6.79. The topological polar surface area (TPSA) is 12.0 Å². The van der Waals surface area contributed by atoms with Crippen LogP contribution in [0.2, 0.25) is 0 Å². The molecule has 1 aliphatic carbocycles. The van der Waals surface area contributed by atoms with Crippen molar-refractivity contribution in [1.29, 1.82) is 0 Å². The number of anilines is 1. The molecular weight excluding hydrogens is 342 g/mol. The lowest BCUT2D eigenvalue weighted by Gasteiger charge is -2.22. The zero-order valence-electron chi connectivity index (χ0n) is 10.0. The minimum absolute atomic E-state index is 0.942. The van der Waals surface area contributed by atoms with Crippen LogP contribution >= 0.6 is 31.9 Å². The molecule has 0 radical (unpaired) electrons. The summed E-state index contributed by atoms with van der Waals surface area (Å²) in [6.45, 7) is 1.08. The van der Waals surface area contributed by atoms with E-state index >= 15 is 0 Å². The summed E-state index contributed by atoms with van der Waals surface area (Å²) in [4.78, 5) is 0. The van der Waals surface area contributed by atoms with Gasteiger partial charge < -0.3 is 5.32 Å². The van der Waals surface area contributed by atoms with Crippen molar-refractivity contribution in [3.05, 3.63) is 27.1 Å². The average Bonchev–Trinajstić information content (AvgIpc) is 2.34. The summed E-state index contributed by atoms with van der Waals surface area (Å²) in [5.41, 5.74) is 1.18. The van der Waals surface area contributed by atoms with E-state index in [4.69, 9.17) is 0 Å². The zero-order valence-corrected chi connectivity index (χ0v) is 13.2. The molecular formula is C14H19Br2N. The van der Waals surface area contributed by atoms with Gasteiger partial charge >= 0.3 is 0 Å². The Morgan fingerprint density at radius 1 is 1.06 bits per heavy atom. The highest BCUT2D eigenvalue weighted by Gasteiger charge is 2.13. The molecule has 3 heteroatoms. The van der Waals surface area contributed by atoms with Crippen LogP contribution in [0.25, 0.3) is 0 Å². The van der Waals surface area contributed by atoms with Crippen molar-refractivity contribution >= 4 is 37.5 Å². The molecule has 1 saturated carbocycles. The molecule has 1 aromatic carbocycles. The molecule has 1 nitrogen and oxygen atoms in total. The second-order valence-corrected chi connectivity index (χ2v) is 6.52. The maximum Gasteiger partial charge on any atom is 0.0628 e. The van der Waals surface area contributed by atoms with Gasteiger partial charge in [-0.05, 0) is 56.3 Å². The minimum atomic E-state index is 0.942. The van der Waals surface area contributed by atoms with Crippen molar-refractivity contribution < 1.29 is 0 Å². The van der Waals surface area contributed by atoms with E-state index in [9.17, 15) is 0 Å². The molecule has 1 aliphatic rings. The van der Waals surface area contributed by atoms with Gasteiger partial charge in [0.2, 0.25) is 0 Å². The lowest BCUT2D eigenvalue weighted by molar-refractivity contribution is 0.345. The highest BCUT2D eigenvalue weighted by molar-refractivity contribution is 9.11. The molecule has 0 saturated heterocycles. The van der Waals surface area contributed by atoms with Crippen molar-refractivity contribution in [2.24, 2.45) is 5.92 Å². The Hall–Kier alpha value is -0.0200. The maximum atomic E-state index is 3.58. The number of rotatable bonds is 4. The van der Waals surface area contributed by atoms with Gasteiger partial charge in [0.1, 0.15) is 0 Å². The van der Waals surface area contributed by atoms with E-state index < -0.39 is 0 Å². The molecule has 2 rings (SSSR count). The molecule has 0 aromatic heterocycles. The SMILES string of the molecule is Brc1cccc(Br)c1NCCC1CCCCC1. The minimum Gasteiger partial charge on any atom is -0.383 e. The van der Waals surface area contributed by atoms with Gasteiger partial charge in [0.15, 0.2) is 0 Å². The lowest BCUT2D eigenvalue weighted by Crippen LogP contribution is -2.12. The van der Waals surface area contributed by atoms with E-state index in [0.29, 0.717) is 0 Å². The van der Waals surface area contributed by atoms with E-state index in [1.807, 2.05) is 6.07 Å². The van der Waals surface area contributed by atoms with Gasteiger partial charge in [-0.25, -0.2) is 0 Å². The van der Waals surface area contributed by atoms with E-state index in [-0.39, 0.29) is 0 Å². The third kappa shape index (κ3) is 3.99. The van der Waals surface area contributed by atoms with E-state index in [0.717, 1.165) is 21.4 Å². The fourth-order valence-electron chi connectivity index (χ4n) is 2.54. The van der Waals surface area contributed by atoms with Crippen molar-refractivity contribution in [3.63, 3.8) is 0 Å². The molecule has 0 unspecified atom stereocenters. The molecule has 0 atom stereocenters. The number of hydrogen-bond acceptors (Lipinski definition) is 1. The van der Waals surface area contributed by atoms with Gasteiger partial charge in [0.25, 0.3) is 0 Å². The zero-order chi connectivity index (χ0) is 12.1. The monoisotopic (exact) mass is 359 g/mol. The number of benzene rings is 1. The van der Waals surface area contributed by atoms with Crippen LogP contribution in [0.5, 0.6) is 0 Å². The molecule has 94 valence electrons. The highest BCUT2D eigenvalue weighted by Crippen LogP contribution is 2.31. The fraction of sp³-hybridized carbons (Fsp3) is 0.571. The third-order valence-electron chi connectivity index (χ3n) is 3.54. The van der Waals surface area contributed by atoms with Gasteiger partial charge in [-0.1, -0.05) is 38.2 Å². The molecule has 0 amide bonds. The van der Waals surface area contributed by atoms with Crippen LogP contribution in [-0.4, -0.2) is 6.54 Å². The number of para-hydroxylation sites is 1. The Kier molecular flexibility index (Phi) is 5.36. The van der Waals surface area contributed by atoms with Gasteiger partial charge in [-0.15, -0.1) is 0 Å². The highest BCUT2D eigenvalue weighted by atomic mass is 79.9. The molecule has 0 spiro atoms. The standard InChI is InChI=1S/C14H19Br2N/c15-12-7-4-8-13(16)14(12)17-10-9-11-5-2-1-3-6-11/h4,7-8,11,17H,1-3,5-6,9-10H2. The summed E-state index contributed by atoms with van der Waals surface area (Å²) in [5, 5.41) is 3.53. The lowest BCUT2D eigenvalue weighted by atomic mass is 9.87. The number of halogens is 2. The third-order valence-corrected chi connectivity index (χ3v) is 4.86. The van der Waals surface area contributed by atoms with Crippen molar-refractivity contribution in [2.75, 3.05) is 11.9 Å². The molecule has 0 heterocycles. The largest absolute Gasteiger partial charge is 0.383 e. The molecule has 1 fully saturated rings. The first-order chi connectivity index (χ1) is 8.27. The second-order valence-electron chi connectivity index (χ2n) is 4.82. The molecule has 1 aromatic rings. The summed E-state index contributed by atoms with van der Waals surface area (Å²) in [7, 11) is 0. The predicted molar refractivity (Wildman–Crippen MR) is 81.5 cm³/mol. The van der Waals surface area contributed by atoms with Crippen LogP contribution < -0.4 is 5.32 Å². The number of nitrogens with one attached hydrogen (secondary N) is 1. The van der Waals surface area contributed by atoms with Gasteiger partial charge in [0.05, 0.1) is 5.69 Å². The predicted octanol–water partition coefficient (Wildman–Crippen LogP) is 5.59. The van der Waals surface area contributed by atoms with Crippen LogP contribution in [0.15, 0.2) is 27.1 Å². The Balaban J connectivity index is 1.81. The summed E-state index contributed by atoms with van der Waals surface area (Å²) < 4.78 is 2.27. The molecule has 1 N–H and O–H groups in total. The van der Waals surface area contributed by atoms with Gasteiger partial charge in [-0.3, -0.25) is 0 Å². The van der Waals surface area contributed by atoms with Crippen LogP contribution in [0, 0.1) is 5.92 Å². The van der Waals surface area contributed by atoms with E-state index in [2.05, 4.69) is 49.3 Å². The van der Waals surface area contributed by atoms with Crippen molar-refractivity contribution in [2.45, 2.75) is 38.5 Å². The average molecular weight is 361 g/mol. The molecule has 0 aliphatic heterocycles. The smallest absolute Gasteiger partial charge is 0.0628 e. The Labute approximate surface area is 121 Å². The van der Waals surface area contributed by atoms with E-state index in [1.165, 1.54) is 44.2 Å². The van der Waals surface area contributed by atoms with Crippen LogP contribution in [0.4, 0.5) is 5.69 Å². The summed E-state index contributed by atoms with van der Waals surface area (Å²) in [6, 6.07) is 6.20. The van der Waals surface area contributed by atoms with E-state index in [1.54, 1.807) is 0 Å². The summed E-state index contributed by atoms with van der Waals surface area (Å²) in [5.74, 6) is 0.942. The first-order valence-electron chi connectivity index (χ1n) is 6.45. The Bertz CT molecular complexity index is 339. The normalized spacial score (nSPS) is 17.1. The maximum absolute atomic E-state index is 3.58. The first kappa shape index (κ1) is 13.4. The fourth-order valence-corrected chi connectivity index (χ4v) is 3.82. The number of hydrogen-bond donors (Lipinski definition) is 1. The molecule has 0 bridgehead atoms. The van der Waals surface area contributed by atoms with Crippen LogP contribution in [-0.2, 0) is 0 Å². The summed E-state index contributed by atoms with van der Waals surface area (Å²) >= 11 is 7.16. The quantitative estimate of drug-likeness (QED) is 0.737. The first-order valence-corrected chi connectivity index (χ1v) is 8.04. The van der Waals surface area contributed by atoms with Crippen LogP contribution in [0.3, 0.4) is 0 Å².